The number of hydrogen-bond donors (Lipinski definition) is 2. The van der Waals surface area contributed by atoms with E-state index in [1.165, 1.54) is 17.5 Å². The molecule has 2 N–H and O–H groups in total. The van der Waals surface area contributed by atoms with E-state index < -0.39 is 5.60 Å². The Morgan fingerprint density at radius 1 is 1.18 bits per heavy atom. The molecule has 1 aromatic rings. The van der Waals surface area contributed by atoms with Crippen LogP contribution < -0.4 is 5.32 Å². The number of aliphatic hydroxyl groups is 1. The summed E-state index contributed by atoms with van der Waals surface area (Å²) in [5, 5.41) is 14.1. The van der Waals surface area contributed by atoms with Crippen molar-refractivity contribution in [2.75, 3.05) is 6.54 Å². The highest BCUT2D eigenvalue weighted by Gasteiger charge is 2.42. The maximum Gasteiger partial charge on any atom is 0.0880 e. The zero-order valence-corrected chi connectivity index (χ0v) is 10.9. The first-order valence-electron chi connectivity index (χ1n) is 6.80. The Morgan fingerprint density at radius 3 is 2.24 bits per heavy atom. The van der Waals surface area contributed by atoms with Crippen LogP contribution in [0.5, 0.6) is 0 Å². The fourth-order valence-corrected chi connectivity index (χ4v) is 3.01. The molecule has 2 heteroatoms. The van der Waals surface area contributed by atoms with Gasteiger partial charge >= 0.3 is 0 Å². The Labute approximate surface area is 104 Å². The maximum atomic E-state index is 10.6. The molecule has 1 unspecified atom stereocenters. The van der Waals surface area contributed by atoms with E-state index in [1.54, 1.807) is 0 Å². The van der Waals surface area contributed by atoms with Gasteiger partial charge in [0.2, 0.25) is 0 Å². The molecule has 0 saturated carbocycles. The summed E-state index contributed by atoms with van der Waals surface area (Å²) in [5.74, 6) is 0. The van der Waals surface area contributed by atoms with Crippen molar-refractivity contribution < 1.29 is 5.11 Å². The van der Waals surface area contributed by atoms with Crippen LogP contribution in [-0.4, -0.2) is 23.3 Å². The predicted octanol–water partition coefficient (Wildman–Crippen LogP) is 2.29. The van der Waals surface area contributed by atoms with E-state index in [9.17, 15) is 5.11 Å². The van der Waals surface area contributed by atoms with Gasteiger partial charge in [0, 0.05) is 18.9 Å². The molecule has 1 saturated heterocycles. The zero-order valence-electron chi connectivity index (χ0n) is 10.9. The molecule has 0 amide bonds. The molecule has 1 aliphatic carbocycles. The van der Waals surface area contributed by atoms with Crippen LogP contribution in [-0.2, 0) is 12.8 Å². The summed E-state index contributed by atoms with van der Waals surface area (Å²) in [4.78, 5) is 0. The van der Waals surface area contributed by atoms with Gasteiger partial charge in [0.15, 0.2) is 0 Å². The van der Waals surface area contributed by atoms with Crippen molar-refractivity contribution in [3.63, 3.8) is 0 Å². The monoisotopic (exact) mass is 233 g/mol. The fraction of sp³-hybridized carbons (Fsp3) is 0.600. The van der Waals surface area contributed by atoms with Crippen LogP contribution in [0.25, 0.3) is 0 Å². The highest BCUT2D eigenvalue weighted by atomic mass is 16.3. The first-order chi connectivity index (χ1) is 8.28. The van der Waals surface area contributed by atoms with E-state index in [0.717, 1.165) is 25.8 Å². The fourth-order valence-electron chi connectivity index (χ4n) is 3.01. The Kier molecular flexibility index (Phi) is 3.85. The second kappa shape index (κ2) is 5.19. The second-order valence-corrected chi connectivity index (χ2v) is 4.87. The van der Waals surface area contributed by atoms with Crippen molar-refractivity contribution in [2.24, 2.45) is 0 Å². The van der Waals surface area contributed by atoms with Crippen molar-refractivity contribution in [3.8, 4) is 0 Å². The molecule has 0 bridgehead atoms. The standard InChI is InChI=1S/C13H17NO.C2H6/c15-13(12-6-3-7-14-12)8-10-4-1-2-5-11(10)9-13;1-2/h1-2,4-5,12,14-15H,3,6-9H2;1-2H3. The van der Waals surface area contributed by atoms with Crippen molar-refractivity contribution in [3.05, 3.63) is 35.4 Å². The summed E-state index contributed by atoms with van der Waals surface area (Å²) >= 11 is 0. The number of rotatable bonds is 1. The van der Waals surface area contributed by atoms with Crippen LogP contribution in [0.2, 0.25) is 0 Å². The number of fused-ring (bicyclic) bond motifs is 1. The van der Waals surface area contributed by atoms with Gasteiger partial charge in [-0.25, -0.2) is 0 Å². The van der Waals surface area contributed by atoms with Gasteiger partial charge in [0.25, 0.3) is 0 Å². The summed E-state index contributed by atoms with van der Waals surface area (Å²) in [6.07, 6.45) is 3.95. The quantitative estimate of drug-likeness (QED) is 0.780. The van der Waals surface area contributed by atoms with E-state index in [4.69, 9.17) is 0 Å². The minimum absolute atomic E-state index is 0.296. The van der Waals surface area contributed by atoms with Crippen LogP contribution in [0.4, 0.5) is 0 Å². The number of nitrogens with one attached hydrogen (secondary N) is 1. The zero-order chi connectivity index (χ0) is 12.3. The average molecular weight is 233 g/mol. The minimum Gasteiger partial charge on any atom is -0.388 e. The third kappa shape index (κ3) is 2.38. The van der Waals surface area contributed by atoms with Crippen LogP contribution in [0, 0.1) is 0 Å². The Bertz CT molecular complexity index is 344. The highest BCUT2D eigenvalue weighted by molar-refractivity contribution is 5.36. The molecular weight excluding hydrogens is 210 g/mol. The van der Waals surface area contributed by atoms with Gasteiger partial charge in [-0.15, -0.1) is 0 Å². The first-order valence-corrected chi connectivity index (χ1v) is 6.80. The smallest absolute Gasteiger partial charge is 0.0880 e. The van der Waals surface area contributed by atoms with Gasteiger partial charge in [-0.2, -0.15) is 0 Å². The summed E-state index contributed by atoms with van der Waals surface area (Å²) < 4.78 is 0. The molecule has 0 spiro atoms. The van der Waals surface area contributed by atoms with Crippen molar-refractivity contribution in [2.45, 2.75) is 51.2 Å². The Hall–Kier alpha value is -0.860. The summed E-state index contributed by atoms with van der Waals surface area (Å²) in [7, 11) is 0. The predicted molar refractivity (Wildman–Crippen MR) is 71.2 cm³/mol. The molecule has 1 fully saturated rings. The molecule has 0 radical (unpaired) electrons. The Balaban J connectivity index is 0.000000514. The van der Waals surface area contributed by atoms with Gasteiger partial charge in [-0.05, 0) is 30.5 Å². The molecule has 2 aliphatic rings. The summed E-state index contributed by atoms with van der Waals surface area (Å²) in [6.45, 7) is 5.06. The third-order valence-electron chi connectivity index (χ3n) is 3.82. The molecule has 17 heavy (non-hydrogen) atoms. The lowest BCUT2D eigenvalue weighted by atomic mass is 9.90. The molecule has 1 atom stereocenters. The molecular formula is C15H23NO. The normalized spacial score (nSPS) is 25.0. The lowest BCUT2D eigenvalue weighted by molar-refractivity contribution is 0.0177. The second-order valence-electron chi connectivity index (χ2n) is 4.87. The summed E-state index contributed by atoms with van der Waals surface area (Å²) in [6, 6.07) is 8.70. The van der Waals surface area contributed by atoms with E-state index in [-0.39, 0.29) is 0 Å². The largest absolute Gasteiger partial charge is 0.388 e. The molecule has 3 rings (SSSR count). The van der Waals surface area contributed by atoms with Crippen LogP contribution >= 0.6 is 0 Å². The highest BCUT2D eigenvalue weighted by Crippen LogP contribution is 2.34. The number of hydrogen-bond acceptors (Lipinski definition) is 2. The van der Waals surface area contributed by atoms with Gasteiger partial charge < -0.3 is 10.4 Å². The van der Waals surface area contributed by atoms with Gasteiger partial charge in [-0.1, -0.05) is 38.1 Å². The molecule has 1 heterocycles. The third-order valence-corrected chi connectivity index (χ3v) is 3.82. The topological polar surface area (TPSA) is 32.3 Å². The average Bonchev–Trinajstić information content (AvgIpc) is 2.98. The maximum absolute atomic E-state index is 10.6. The van der Waals surface area contributed by atoms with Gasteiger partial charge in [-0.3, -0.25) is 0 Å². The van der Waals surface area contributed by atoms with Gasteiger partial charge in [0.1, 0.15) is 0 Å². The lowest BCUT2D eigenvalue weighted by Gasteiger charge is -2.29. The lowest BCUT2D eigenvalue weighted by Crippen LogP contribution is -2.48. The molecule has 94 valence electrons. The molecule has 2 nitrogen and oxygen atoms in total. The van der Waals surface area contributed by atoms with Crippen LogP contribution in [0.15, 0.2) is 24.3 Å². The van der Waals surface area contributed by atoms with Gasteiger partial charge in [0.05, 0.1) is 5.60 Å². The van der Waals surface area contributed by atoms with Crippen molar-refractivity contribution in [1.82, 2.24) is 5.32 Å². The molecule has 1 aliphatic heterocycles. The van der Waals surface area contributed by atoms with E-state index in [2.05, 4.69) is 29.6 Å². The van der Waals surface area contributed by atoms with Crippen molar-refractivity contribution >= 4 is 0 Å². The molecule has 0 aromatic heterocycles. The Morgan fingerprint density at radius 2 is 1.76 bits per heavy atom. The first kappa shape index (κ1) is 12.6. The molecule has 1 aromatic carbocycles. The number of benzene rings is 1. The summed E-state index contributed by atoms with van der Waals surface area (Å²) in [5.41, 5.74) is 2.13. The minimum atomic E-state index is -0.528. The SMILES string of the molecule is CC.OC1(C2CCCN2)Cc2ccccc2C1. The van der Waals surface area contributed by atoms with Crippen LogP contribution in [0.3, 0.4) is 0 Å². The van der Waals surface area contributed by atoms with E-state index in [0.29, 0.717) is 6.04 Å². The van der Waals surface area contributed by atoms with E-state index in [1.807, 2.05) is 13.8 Å². The van der Waals surface area contributed by atoms with E-state index >= 15 is 0 Å². The van der Waals surface area contributed by atoms with Crippen LogP contribution in [0.1, 0.15) is 37.8 Å². The van der Waals surface area contributed by atoms with Crippen molar-refractivity contribution in [1.29, 1.82) is 0 Å².